The predicted octanol–water partition coefficient (Wildman–Crippen LogP) is 3.71. The van der Waals surface area contributed by atoms with Gasteiger partial charge in [0.2, 0.25) is 0 Å². The lowest BCUT2D eigenvalue weighted by molar-refractivity contribution is 0.0939. The van der Waals surface area contributed by atoms with Crippen LogP contribution < -0.4 is 15.6 Å². The fourth-order valence-electron chi connectivity index (χ4n) is 5.01. The van der Waals surface area contributed by atoms with Gasteiger partial charge in [0.1, 0.15) is 17.9 Å². The molecule has 176 valence electrons. The summed E-state index contributed by atoms with van der Waals surface area (Å²) in [7, 11) is 0. The zero-order valence-corrected chi connectivity index (χ0v) is 19.6. The highest BCUT2D eigenvalue weighted by atomic mass is 16.5. The fourth-order valence-corrected chi connectivity index (χ4v) is 5.01. The van der Waals surface area contributed by atoms with Crippen LogP contribution in [0, 0.1) is 19.3 Å². The second-order valence-electron chi connectivity index (χ2n) is 8.68. The van der Waals surface area contributed by atoms with E-state index in [9.17, 15) is 9.59 Å². The molecule has 1 N–H and O–H groups in total. The summed E-state index contributed by atoms with van der Waals surface area (Å²) in [6, 6.07) is 14.0. The topological polar surface area (TPSA) is 90.5 Å². The molecule has 4 heterocycles. The van der Waals surface area contributed by atoms with Gasteiger partial charge in [0, 0.05) is 34.6 Å². The van der Waals surface area contributed by atoms with Gasteiger partial charge >= 0.3 is 0 Å². The van der Waals surface area contributed by atoms with E-state index in [1.807, 2.05) is 37.3 Å². The highest BCUT2D eigenvalue weighted by Crippen LogP contribution is 2.39. The van der Waals surface area contributed by atoms with Crippen LogP contribution in [-0.2, 0) is 6.61 Å². The molecule has 2 aromatic carbocycles. The molecule has 1 amide bonds. The minimum Gasteiger partial charge on any atom is -0.488 e. The quantitative estimate of drug-likeness (QED) is 0.400. The average molecular weight is 476 g/mol. The van der Waals surface area contributed by atoms with Crippen LogP contribution in [-0.4, -0.2) is 25.1 Å². The summed E-state index contributed by atoms with van der Waals surface area (Å²) in [5.74, 6) is 2.92. The fraction of sp³-hybridized carbons (Fsp3) is 0.143. The molecule has 0 spiro atoms. The Labute approximate surface area is 206 Å². The average Bonchev–Trinajstić information content (AvgIpc) is 3.46. The molecule has 0 saturated carbocycles. The molecule has 8 heteroatoms. The summed E-state index contributed by atoms with van der Waals surface area (Å²) in [6.45, 7) is 3.89. The molecule has 1 atom stereocenters. The third kappa shape index (κ3) is 3.10. The number of nitrogens with one attached hydrogen (secondary N) is 1. The molecule has 6 rings (SSSR count). The van der Waals surface area contributed by atoms with Crippen LogP contribution >= 0.6 is 0 Å². The number of terminal acetylenes is 1. The van der Waals surface area contributed by atoms with Crippen LogP contribution in [0.25, 0.3) is 22.1 Å². The smallest absolute Gasteiger partial charge is 0.264 e. The molecule has 8 nitrogen and oxygen atoms in total. The van der Waals surface area contributed by atoms with Crippen LogP contribution in [0.5, 0.6) is 5.75 Å². The van der Waals surface area contributed by atoms with E-state index in [2.05, 4.69) is 21.3 Å². The van der Waals surface area contributed by atoms with Gasteiger partial charge in [0.25, 0.3) is 11.5 Å². The SMILES string of the molecule is C#Cc1ccc2c3c(c([C@@H](C)NC(=O)c4c(C)nn5cccnc45)n(-c4ccccc4)c(=O)c13)CO2. The first kappa shape index (κ1) is 21.6. The van der Waals surface area contributed by atoms with Crippen molar-refractivity contribution in [2.45, 2.75) is 26.5 Å². The van der Waals surface area contributed by atoms with E-state index in [0.29, 0.717) is 50.4 Å². The van der Waals surface area contributed by atoms with Crippen LogP contribution in [0.15, 0.2) is 65.7 Å². The van der Waals surface area contributed by atoms with Crippen molar-refractivity contribution < 1.29 is 9.53 Å². The maximum atomic E-state index is 14.0. The number of aromatic nitrogens is 4. The number of ether oxygens (including phenoxy) is 1. The molecular formula is C28H21N5O3. The highest BCUT2D eigenvalue weighted by molar-refractivity contribution is 6.01. The second-order valence-corrected chi connectivity index (χ2v) is 8.68. The number of hydrogen-bond donors (Lipinski definition) is 1. The lowest BCUT2D eigenvalue weighted by Crippen LogP contribution is -2.33. The molecule has 0 radical (unpaired) electrons. The molecule has 1 aliphatic heterocycles. The summed E-state index contributed by atoms with van der Waals surface area (Å²) in [4.78, 5) is 31.8. The Morgan fingerprint density at radius 2 is 1.97 bits per heavy atom. The van der Waals surface area contributed by atoms with Crippen molar-refractivity contribution in [3.63, 3.8) is 0 Å². The number of amides is 1. The van der Waals surface area contributed by atoms with Gasteiger partial charge in [0.15, 0.2) is 5.65 Å². The standard InChI is InChI=1S/C28H21N5O3/c1-4-18-11-12-21-24-20(15-36-21)25(33(28(35)23(18)24)19-9-6-5-7-10-19)17(3)30-27(34)22-16(2)31-32-14-8-13-29-26(22)32/h1,5-14,17H,15H2,2-3H3,(H,30,34)/t17-/m1/s1. The zero-order chi connectivity index (χ0) is 25.0. The molecule has 0 aliphatic carbocycles. The summed E-state index contributed by atoms with van der Waals surface area (Å²) in [5, 5.41) is 8.61. The summed E-state index contributed by atoms with van der Waals surface area (Å²) in [6.07, 6.45) is 9.13. The number of nitrogens with zero attached hydrogens (tertiary/aromatic N) is 4. The molecule has 36 heavy (non-hydrogen) atoms. The minimum absolute atomic E-state index is 0.259. The number of carbonyl (C=O) groups is 1. The first-order valence-corrected chi connectivity index (χ1v) is 11.5. The van der Waals surface area contributed by atoms with Crippen LogP contribution in [0.1, 0.15) is 45.8 Å². The largest absolute Gasteiger partial charge is 0.488 e. The number of rotatable bonds is 4. The summed E-state index contributed by atoms with van der Waals surface area (Å²) < 4.78 is 9.15. The molecule has 0 bridgehead atoms. The van der Waals surface area contributed by atoms with E-state index in [4.69, 9.17) is 11.2 Å². The highest BCUT2D eigenvalue weighted by Gasteiger charge is 2.30. The Bertz CT molecular complexity index is 1790. The maximum Gasteiger partial charge on any atom is 0.264 e. The lowest BCUT2D eigenvalue weighted by atomic mass is 9.97. The van der Waals surface area contributed by atoms with Gasteiger partial charge in [-0.3, -0.25) is 14.2 Å². The number of aryl methyl sites for hydroxylation is 1. The monoisotopic (exact) mass is 475 g/mol. The molecule has 3 aromatic heterocycles. The number of benzene rings is 2. The van der Waals surface area contributed by atoms with Crippen molar-refractivity contribution in [3.8, 4) is 23.8 Å². The van der Waals surface area contributed by atoms with Crippen molar-refractivity contribution >= 4 is 22.3 Å². The maximum absolute atomic E-state index is 14.0. The Balaban J connectivity index is 1.56. The number of carbonyl (C=O) groups excluding carboxylic acids is 1. The van der Waals surface area contributed by atoms with E-state index >= 15 is 0 Å². The second kappa shape index (κ2) is 8.10. The molecule has 1 aliphatic rings. The summed E-state index contributed by atoms with van der Waals surface area (Å²) >= 11 is 0. The van der Waals surface area contributed by atoms with Gasteiger partial charge < -0.3 is 10.1 Å². The molecule has 5 aromatic rings. The zero-order valence-electron chi connectivity index (χ0n) is 19.6. The van der Waals surface area contributed by atoms with Crippen molar-refractivity contribution in [2.24, 2.45) is 0 Å². The van der Waals surface area contributed by atoms with Gasteiger partial charge in [-0.2, -0.15) is 5.10 Å². The van der Waals surface area contributed by atoms with Crippen molar-refractivity contribution in [2.75, 3.05) is 0 Å². The van der Waals surface area contributed by atoms with Crippen molar-refractivity contribution in [1.29, 1.82) is 0 Å². The van der Waals surface area contributed by atoms with Crippen molar-refractivity contribution in [1.82, 2.24) is 24.5 Å². The number of hydrogen-bond acceptors (Lipinski definition) is 5. The minimum atomic E-state index is -0.549. The van der Waals surface area contributed by atoms with Gasteiger partial charge in [-0.05, 0) is 44.2 Å². The third-order valence-corrected chi connectivity index (χ3v) is 6.53. The summed E-state index contributed by atoms with van der Waals surface area (Å²) in [5.41, 5.74) is 3.80. The van der Waals surface area contributed by atoms with Gasteiger partial charge in [-0.25, -0.2) is 9.50 Å². The Hall–Kier alpha value is -4.90. The number of para-hydroxylation sites is 1. The Kier molecular flexibility index (Phi) is 4.86. The third-order valence-electron chi connectivity index (χ3n) is 6.53. The van der Waals surface area contributed by atoms with E-state index in [1.54, 1.807) is 46.6 Å². The Morgan fingerprint density at radius 3 is 2.75 bits per heavy atom. The molecule has 0 unspecified atom stereocenters. The van der Waals surface area contributed by atoms with E-state index < -0.39 is 6.04 Å². The number of pyridine rings is 1. The molecule has 0 saturated heterocycles. The van der Waals surface area contributed by atoms with Crippen LogP contribution in [0.4, 0.5) is 0 Å². The van der Waals surface area contributed by atoms with Crippen molar-refractivity contribution in [3.05, 3.63) is 99.4 Å². The van der Waals surface area contributed by atoms with Gasteiger partial charge in [-0.15, -0.1) is 6.42 Å². The van der Waals surface area contributed by atoms with E-state index in [1.165, 1.54) is 0 Å². The van der Waals surface area contributed by atoms with E-state index in [-0.39, 0.29) is 18.1 Å². The van der Waals surface area contributed by atoms with Crippen LogP contribution in [0.3, 0.4) is 0 Å². The Morgan fingerprint density at radius 1 is 1.17 bits per heavy atom. The van der Waals surface area contributed by atoms with Crippen LogP contribution in [0.2, 0.25) is 0 Å². The van der Waals surface area contributed by atoms with Gasteiger partial charge in [0.05, 0.1) is 22.8 Å². The first-order chi connectivity index (χ1) is 17.5. The van der Waals surface area contributed by atoms with E-state index in [0.717, 1.165) is 5.56 Å². The number of fused-ring (bicyclic) bond motifs is 1. The predicted molar refractivity (Wildman–Crippen MR) is 135 cm³/mol. The first-order valence-electron chi connectivity index (χ1n) is 11.5. The molecular weight excluding hydrogens is 454 g/mol. The lowest BCUT2D eigenvalue weighted by Gasteiger charge is -2.23. The molecule has 0 fully saturated rings. The van der Waals surface area contributed by atoms with Gasteiger partial charge in [-0.1, -0.05) is 24.1 Å². The normalized spacial score (nSPS) is 12.9.